The van der Waals surface area contributed by atoms with Crippen LogP contribution in [0.1, 0.15) is 32.1 Å². The van der Waals surface area contributed by atoms with E-state index in [0.717, 1.165) is 32.1 Å². The Bertz CT molecular complexity index is 563. The standard InChI is InChI=1S/C14H18N4O2/c1-19-14(20-2)13(9-16)11(6-4-3-5-7-11)12(13,8-15)10(17)18-14/h3-7H2,1-2H3,(H2,17,18)/t12-,13+/m1/s1. The molecule has 1 heterocycles. The van der Waals surface area contributed by atoms with Crippen molar-refractivity contribution >= 4 is 5.84 Å². The summed E-state index contributed by atoms with van der Waals surface area (Å²) in [6.45, 7) is 0. The van der Waals surface area contributed by atoms with Gasteiger partial charge in [-0.15, -0.1) is 0 Å². The van der Waals surface area contributed by atoms with Crippen molar-refractivity contribution in [1.29, 1.82) is 10.5 Å². The first-order chi connectivity index (χ1) is 9.58. The van der Waals surface area contributed by atoms with Gasteiger partial charge in [0.15, 0.2) is 5.41 Å². The fourth-order valence-corrected chi connectivity index (χ4v) is 4.89. The van der Waals surface area contributed by atoms with E-state index >= 15 is 0 Å². The fourth-order valence-electron chi connectivity index (χ4n) is 4.89. The van der Waals surface area contributed by atoms with E-state index in [-0.39, 0.29) is 5.84 Å². The smallest absolute Gasteiger partial charge is 0.292 e. The van der Waals surface area contributed by atoms with Crippen LogP contribution in [0.3, 0.4) is 0 Å². The van der Waals surface area contributed by atoms with Crippen LogP contribution in [0.25, 0.3) is 0 Å². The van der Waals surface area contributed by atoms with Crippen molar-refractivity contribution in [3.05, 3.63) is 0 Å². The number of hydrogen-bond acceptors (Lipinski definition) is 6. The van der Waals surface area contributed by atoms with Crippen molar-refractivity contribution in [1.82, 2.24) is 0 Å². The molecule has 0 saturated heterocycles. The van der Waals surface area contributed by atoms with Crippen molar-refractivity contribution in [2.75, 3.05) is 14.2 Å². The maximum atomic E-state index is 9.91. The molecule has 106 valence electrons. The van der Waals surface area contributed by atoms with E-state index in [2.05, 4.69) is 17.1 Å². The zero-order valence-corrected chi connectivity index (χ0v) is 11.8. The van der Waals surface area contributed by atoms with E-state index in [4.69, 9.17) is 15.2 Å². The summed E-state index contributed by atoms with van der Waals surface area (Å²) in [5.74, 6) is -1.27. The van der Waals surface area contributed by atoms with Crippen molar-refractivity contribution in [2.45, 2.75) is 38.0 Å². The summed E-state index contributed by atoms with van der Waals surface area (Å²) in [4.78, 5) is 4.23. The lowest BCUT2D eigenvalue weighted by atomic mass is 9.76. The largest absolute Gasteiger partial charge is 0.386 e. The Labute approximate surface area is 118 Å². The number of aliphatic imine (C=N–C) groups is 1. The van der Waals surface area contributed by atoms with Gasteiger partial charge in [0.2, 0.25) is 0 Å². The topological polar surface area (TPSA) is 104 Å². The van der Waals surface area contributed by atoms with E-state index in [9.17, 15) is 10.5 Å². The van der Waals surface area contributed by atoms with E-state index in [1.165, 1.54) is 14.2 Å². The van der Waals surface area contributed by atoms with Crippen LogP contribution in [0.5, 0.6) is 0 Å². The average Bonchev–Trinajstić information content (AvgIpc) is 2.89. The van der Waals surface area contributed by atoms with Gasteiger partial charge in [-0.1, -0.05) is 19.3 Å². The summed E-state index contributed by atoms with van der Waals surface area (Å²) in [5, 5.41) is 19.7. The third-order valence-corrected chi connectivity index (χ3v) is 5.66. The molecule has 1 spiro atoms. The van der Waals surface area contributed by atoms with Crippen LogP contribution in [0.15, 0.2) is 4.99 Å². The number of rotatable bonds is 2. The van der Waals surface area contributed by atoms with Crippen LogP contribution in [0, 0.1) is 38.9 Å². The van der Waals surface area contributed by atoms with Gasteiger partial charge in [0, 0.05) is 19.6 Å². The predicted octanol–water partition coefficient (Wildman–Crippen LogP) is 1.29. The van der Waals surface area contributed by atoms with Gasteiger partial charge < -0.3 is 15.2 Å². The van der Waals surface area contributed by atoms with E-state index < -0.39 is 22.2 Å². The molecule has 20 heavy (non-hydrogen) atoms. The van der Waals surface area contributed by atoms with Gasteiger partial charge in [-0.25, -0.2) is 4.99 Å². The number of nitriles is 2. The summed E-state index contributed by atoms with van der Waals surface area (Å²) < 4.78 is 10.9. The molecule has 0 bridgehead atoms. The van der Waals surface area contributed by atoms with Crippen LogP contribution < -0.4 is 5.73 Å². The summed E-state index contributed by atoms with van der Waals surface area (Å²) in [7, 11) is 2.89. The highest BCUT2D eigenvalue weighted by Gasteiger charge is 3.00. The molecular weight excluding hydrogens is 256 g/mol. The molecule has 0 aromatic carbocycles. The maximum Gasteiger partial charge on any atom is 0.292 e. The van der Waals surface area contributed by atoms with Crippen LogP contribution in [-0.2, 0) is 9.47 Å². The minimum absolute atomic E-state index is 0.187. The minimum atomic E-state index is -1.46. The first-order valence-corrected chi connectivity index (χ1v) is 6.86. The van der Waals surface area contributed by atoms with Crippen LogP contribution in [0.4, 0.5) is 0 Å². The van der Waals surface area contributed by atoms with E-state index in [1.807, 2.05) is 0 Å². The highest BCUT2D eigenvalue weighted by Crippen LogP contribution is 2.88. The molecule has 3 rings (SSSR count). The number of hydrogen-bond donors (Lipinski definition) is 1. The van der Waals surface area contributed by atoms with Crippen LogP contribution >= 0.6 is 0 Å². The lowest BCUT2D eigenvalue weighted by Crippen LogP contribution is -2.44. The predicted molar refractivity (Wildman–Crippen MR) is 70.0 cm³/mol. The summed E-state index contributed by atoms with van der Waals surface area (Å²) in [6, 6.07) is 4.62. The fraction of sp³-hybridized carbons (Fsp3) is 0.786. The Morgan fingerprint density at radius 1 is 1.10 bits per heavy atom. The molecule has 2 saturated carbocycles. The monoisotopic (exact) mass is 274 g/mol. The van der Waals surface area contributed by atoms with Gasteiger partial charge in [-0.3, -0.25) is 0 Å². The van der Waals surface area contributed by atoms with Crippen molar-refractivity contribution in [3.8, 4) is 12.1 Å². The Morgan fingerprint density at radius 2 is 1.70 bits per heavy atom. The first-order valence-electron chi connectivity index (χ1n) is 6.86. The zero-order chi connectivity index (χ0) is 14.6. The molecule has 0 unspecified atom stereocenters. The number of nitrogens with two attached hydrogens (primary N) is 1. The van der Waals surface area contributed by atoms with E-state index in [1.54, 1.807) is 0 Å². The van der Waals surface area contributed by atoms with Gasteiger partial charge in [0.1, 0.15) is 11.3 Å². The average molecular weight is 274 g/mol. The molecule has 0 amide bonds. The number of methoxy groups -OCH3 is 2. The Hall–Kier alpha value is -1.63. The zero-order valence-electron chi connectivity index (χ0n) is 11.8. The van der Waals surface area contributed by atoms with Gasteiger partial charge in [0.05, 0.1) is 12.1 Å². The number of amidine groups is 1. The van der Waals surface area contributed by atoms with Gasteiger partial charge in [-0.2, -0.15) is 10.5 Å². The summed E-state index contributed by atoms with van der Waals surface area (Å²) in [5.41, 5.74) is 3.39. The molecule has 2 N–H and O–H groups in total. The second-order valence-electron chi connectivity index (χ2n) is 5.85. The van der Waals surface area contributed by atoms with Gasteiger partial charge >= 0.3 is 0 Å². The molecule has 6 nitrogen and oxygen atoms in total. The molecule has 1 aliphatic heterocycles. The molecule has 3 aliphatic rings. The highest BCUT2D eigenvalue weighted by molar-refractivity contribution is 6.00. The third-order valence-electron chi connectivity index (χ3n) is 5.66. The molecule has 2 aliphatic carbocycles. The Balaban J connectivity index is 2.26. The van der Waals surface area contributed by atoms with Gasteiger partial charge in [-0.05, 0) is 12.8 Å². The lowest BCUT2D eigenvalue weighted by molar-refractivity contribution is -0.238. The molecule has 0 aromatic heterocycles. The Morgan fingerprint density at radius 3 is 2.15 bits per heavy atom. The summed E-state index contributed by atoms with van der Waals surface area (Å²) >= 11 is 0. The second-order valence-corrected chi connectivity index (χ2v) is 5.85. The minimum Gasteiger partial charge on any atom is -0.386 e. The van der Waals surface area contributed by atoms with Gasteiger partial charge in [0.25, 0.3) is 5.91 Å². The molecule has 2 fully saturated rings. The molecule has 0 radical (unpaired) electrons. The maximum absolute atomic E-state index is 9.91. The SMILES string of the molecule is COC1(OC)N=C(N)[C@]2(C#N)C3(CCCCC3)[C@]12C#N. The molecule has 0 aromatic rings. The lowest BCUT2D eigenvalue weighted by Gasteiger charge is -2.35. The Kier molecular flexibility index (Phi) is 2.48. The van der Waals surface area contributed by atoms with E-state index in [0.29, 0.717) is 0 Å². The molecule has 2 atom stereocenters. The third kappa shape index (κ3) is 0.905. The quantitative estimate of drug-likeness (QED) is 0.764. The molecule has 6 heteroatoms. The normalized spacial score (nSPS) is 39.5. The second kappa shape index (κ2) is 3.72. The van der Waals surface area contributed by atoms with Crippen molar-refractivity contribution in [2.24, 2.45) is 27.0 Å². The van der Waals surface area contributed by atoms with Crippen molar-refractivity contribution < 1.29 is 9.47 Å². The summed E-state index contributed by atoms with van der Waals surface area (Å²) in [6.07, 6.45) is 4.68. The number of ether oxygens (including phenoxy) is 2. The molecular formula is C14H18N4O2. The van der Waals surface area contributed by atoms with Crippen LogP contribution in [-0.4, -0.2) is 26.0 Å². The number of fused-ring (bicyclic) bond motifs is 3. The first kappa shape index (κ1) is 13.4. The van der Waals surface area contributed by atoms with Crippen molar-refractivity contribution in [3.63, 3.8) is 0 Å². The highest BCUT2D eigenvalue weighted by atomic mass is 16.7. The number of nitrogens with zero attached hydrogens (tertiary/aromatic N) is 3. The van der Waals surface area contributed by atoms with Crippen LogP contribution in [0.2, 0.25) is 0 Å².